The van der Waals surface area contributed by atoms with Crippen molar-refractivity contribution in [2.24, 2.45) is 0 Å². The van der Waals surface area contributed by atoms with Crippen LogP contribution in [-0.2, 0) is 12.8 Å². The van der Waals surface area contributed by atoms with Crippen LogP contribution in [0.15, 0.2) is 24.3 Å². The Labute approximate surface area is 327 Å². The number of ether oxygens (including phenoxy) is 6. The summed E-state index contributed by atoms with van der Waals surface area (Å²) in [6, 6.07) is 12.0. The molecule has 2 aromatic carbocycles. The SMILES string of the molecule is CCNc1nc(Cc2cc(OC)c(OC)c(OC)c2)nc2sc(C#N)c(C)c12.CNc1nc(Cc2cc(OC)c(OC)c(OC)c2)nc2sc(C#N)c(C)c12. The van der Waals surface area contributed by atoms with E-state index in [1.54, 1.807) is 42.7 Å². The molecule has 2 N–H and O–H groups in total. The lowest BCUT2D eigenvalue weighted by Crippen LogP contribution is -2.05. The zero-order chi connectivity index (χ0) is 39.8. The molecule has 14 nitrogen and oxygen atoms in total. The van der Waals surface area contributed by atoms with E-state index < -0.39 is 0 Å². The molecule has 4 aromatic heterocycles. The van der Waals surface area contributed by atoms with Gasteiger partial charge in [-0.3, -0.25) is 0 Å². The summed E-state index contributed by atoms with van der Waals surface area (Å²) in [5.74, 6) is 6.21. The fraction of sp³-hybridized carbons (Fsp3) is 0.333. The second-order valence-corrected chi connectivity index (χ2v) is 13.9. The van der Waals surface area contributed by atoms with Crippen LogP contribution in [0.4, 0.5) is 11.6 Å². The van der Waals surface area contributed by atoms with E-state index in [0.29, 0.717) is 68.7 Å². The number of rotatable bonds is 13. The van der Waals surface area contributed by atoms with Crippen molar-refractivity contribution in [3.63, 3.8) is 0 Å². The minimum absolute atomic E-state index is 0.486. The number of anilines is 2. The minimum atomic E-state index is 0.486. The van der Waals surface area contributed by atoms with Gasteiger partial charge in [-0.05, 0) is 67.3 Å². The normalized spacial score (nSPS) is 10.5. The van der Waals surface area contributed by atoms with Gasteiger partial charge in [-0.2, -0.15) is 10.5 Å². The third-order valence-electron chi connectivity index (χ3n) is 8.63. The Morgan fingerprint density at radius 1 is 0.600 bits per heavy atom. The highest BCUT2D eigenvalue weighted by molar-refractivity contribution is 7.19. The Morgan fingerprint density at radius 3 is 1.31 bits per heavy atom. The van der Waals surface area contributed by atoms with Gasteiger partial charge in [-0.1, -0.05) is 0 Å². The van der Waals surface area contributed by atoms with E-state index in [9.17, 15) is 10.5 Å². The first kappa shape index (κ1) is 40.1. The Morgan fingerprint density at radius 2 is 0.982 bits per heavy atom. The minimum Gasteiger partial charge on any atom is -0.493 e. The highest BCUT2D eigenvalue weighted by atomic mass is 32.1. The van der Waals surface area contributed by atoms with E-state index >= 15 is 0 Å². The molecule has 0 saturated heterocycles. The van der Waals surface area contributed by atoms with Crippen LogP contribution in [0.3, 0.4) is 0 Å². The van der Waals surface area contributed by atoms with Crippen molar-refractivity contribution in [2.75, 3.05) is 66.9 Å². The first-order valence-corrected chi connectivity index (χ1v) is 18.6. The number of benzene rings is 2. The summed E-state index contributed by atoms with van der Waals surface area (Å²) in [6.07, 6.45) is 0.976. The van der Waals surface area contributed by atoms with Crippen LogP contribution in [0.25, 0.3) is 20.4 Å². The molecule has 0 spiro atoms. The number of aromatic nitrogens is 4. The molecular weight excluding hydrogens is 741 g/mol. The van der Waals surface area contributed by atoms with E-state index in [-0.39, 0.29) is 0 Å². The quantitative estimate of drug-likeness (QED) is 0.118. The van der Waals surface area contributed by atoms with Gasteiger partial charge in [0, 0.05) is 26.4 Å². The molecule has 0 radical (unpaired) electrons. The number of nitriles is 2. The predicted octanol–water partition coefficient (Wildman–Crippen LogP) is 7.45. The summed E-state index contributed by atoms with van der Waals surface area (Å²) in [5, 5.41) is 26.9. The van der Waals surface area contributed by atoms with Crippen LogP contribution >= 0.6 is 22.7 Å². The molecule has 0 amide bonds. The summed E-state index contributed by atoms with van der Waals surface area (Å²) >= 11 is 2.77. The average Bonchev–Trinajstić information content (AvgIpc) is 3.71. The van der Waals surface area contributed by atoms with Crippen molar-refractivity contribution in [3.8, 4) is 46.6 Å². The summed E-state index contributed by atoms with van der Waals surface area (Å²) < 4.78 is 32.4. The fourth-order valence-corrected chi connectivity index (χ4v) is 8.05. The van der Waals surface area contributed by atoms with E-state index in [0.717, 1.165) is 60.9 Å². The Bertz CT molecular complexity index is 2380. The summed E-state index contributed by atoms with van der Waals surface area (Å²) in [7, 11) is 11.3. The smallest absolute Gasteiger partial charge is 0.203 e. The van der Waals surface area contributed by atoms with Gasteiger partial charge in [-0.25, -0.2) is 19.9 Å². The summed E-state index contributed by atoms with van der Waals surface area (Å²) in [4.78, 5) is 21.6. The molecule has 16 heteroatoms. The Kier molecular flexibility index (Phi) is 13.0. The van der Waals surface area contributed by atoms with Gasteiger partial charge in [-0.15, -0.1) is 22.7 Å². The van der Waals surface area contributed by atoms with Gasteiger partial charge < -0.3 is 39.1 Å². The summed E-state index contributed by atoms with van der Waals surface area (Å²) in [5.41, 5.74) is 3.68. The number of methoxy groups -OCH3 is 6. The number of fused-ring (bicyclic) bond motifs is 2. The molecule has 6 aromatic rings. The first-order valence-electron chi connectivity index (χ1n) is 17.0. The third-order valence-corrected chi connectivity index (χ3v) is 10.8. The molecule has 4 heterocycles. The lowest BCUT2D eigenvalue weighted by atomic mass is 10.1. The molecule has 0 unspecified atom stereocenters. The third kappa shape index (κ3) is 8.21. The number of nitrogens with one attached hydrogen (secondary N) is 2. The molecule has 55 heavy (non-hydrogen) atoms. The molecular formula is C39H42N8O6S2. The molecule has 6 rings (SSSR count). The van der Waals surface area contributed by atoms with Crippen molar-refractivity contribution in [1.29, 1.82) is 10.5 Å². The topological polar surface area (TPSA) is 179 Å². The van der Waals surface area contributed by atoms with Crippen molar-refractivity contribution in [2.45, 2.75) is 33.6 Å². The van der Waals surface area contributed by atoms with Crippen LogP contribution in [-0.4, -0.2) is 76.2 Å². The molecule has 0 atom stereocenters. The van der Waals surface area contributed by atoms with Gasteiger partial charge in [0.15, 0.2) is 23.0 Å². The molecule has 0 fully saturated rings. The maximum Gasteiger partial charge on any atom is 0.203 e. The number of hydrogen-bond donors (Lipinski definition) is 2. The van der Waals surface area contributed by atoms with E-state index in [1.165, 1.54) is 22.7 Å². The zero-order valence-electron chi connectivity index (χ0n) is 32.4. The number of hydrogen-bond acceptors (Lipinski definition) is 16. The highest BCUT2D eigenvalue weighted by Gasteiger charge is 2.20. The van der Waals surface area contributed by atoms with Gasteiger partial charge >= 0.3 is 0 Å². The lowest BCUT2D eigenvalue weighted by molar-refractivity contribution is 0.324. The van der Waals surface area contributed by atoms with Crippen LogP contribution in [0, 0.1) is 36.5 Å². The van der Waals surface area contributed by atoms with Gasteiger partial charge in [0.1, 0.15) is 54.8 Å². The molecule has 0 saturated carbocycles. The van der Waals surface area contributed by atoms with Gasteiger partial charge in [0.2, 0.25) is 11.5 Å². The molecule has 286 valence electrons. The molecule has 0 aliphatic carbocycles. The average molecular weight is 783 g/mol. The van der Waals surface area contributed by atoms with Crippen molar-refractivity contribution in [3.05, 3.63) is 67.9 Å². The second kappa shape index (κ2) is 17.8. The fourth-order valence-electron chi connectivity index (χ4n) is 6.05. The predicted molar refractivity (Wildman–Crippen MR) is 215 cm³/mol. The van der Waals surface area contributed by atoms with E-state index in [2.05, 4.69) is 32.7 Å². The molecule has 0 aliphatic rings. The zero-order valence-corrected chi connectivity index (χ0v) is 34.0. The standard InChI is InChI=1S/C20H22N4O3S.C19H20N4O3S/c1-6-22-19-17-11(2)15(10-21)28-20(17)24-16(23-19)9-12-7-13(25-3)18(27-5)14(8-12)26-4;1-10-14(9-20)27-19-16(10)18(21-2)22-15(23-19)8-11-6-12(24-3)17(26-5)13(7-11)25-4/h7-8H,6,9H2,1-5H3,(H,22,23,24);6-7H,8H2,1-5H3,(H,21,22,23). The number of aryl methyl sites for hydroxylation is 2. The van der Waals surface area contributed by atoms with E-state index in [1.807, 2.05) is 52.1 Å². The van der Waals surface area contributed by atoms with Crippen LogP contribution in [0.5, 0.6) is 34.5 Å². The molecule has 0 bridgehead atoms. The maximum absolute atomic E-state index is 9.36. The van der Waals surface area contributed by atoms with Crippen LogP contribution in [0.1, 0.15) is 50.6 Å². The monoisotopic (exact) mass is 782 g/mol. The molecule has 0 aliphatic heterocycles. The van der Waals surface area contributed by atoms with Crippen LogP contribution in [0.2, 0.25) is 0 Å². The maximum atomic E-state index is 9.36. The van der Waals surface area contributed by atoms with E-state index in [4.69, 9.17) is 38.4 Å². The Hall–Kier alpha value is -6.10. The summed E-state index contributed by atoms with van der Waals surface area (Å²) in [6.45, 7) is 6.59. The largest absolute Gasteiger partial charge is 0.493 e. The highest BCUT2D eigenvalue weighted by Crippen LogP contribution is 2.41. The van der Waals surface area contributed by atoms with Crippen LogP contribution < -0.4 is 39.1 Å². The second-order valence-electron chi connectivity index (χ2n) is 11.9. The first-order chi connectivity index (χ1) is 26.6. The van der Waals surface area contributed by atoms with Gasteiger partial charge in [0.25, 0.3) is 0 Å². The van der Waals surface area contributed by atoms with Gasteiger partial charge in [0.05, 0.1) is 53.4 Å². The number of thiophene rings is 2. The number of nitrogens with zero attached hydrogens (tertiary/aromatic N) is 6. The van der Waals surface area contributed by atoms with Crippen molar-refractivity contribution < 1.29 is 28.4 Å². The lowest BCUT2D eigenvalue weighted by Gasteiger charge is -2.14. The van der Waals surface area contributed by atoms with Crippen molar-refractivity contribution in [1.82, 2.24) is 19.9 Å². The van der Waals surface area contributed by atoms with Crippen molar-refractivity contribution >= 4 is 54.7 Å². The Balaban J connectivity index is 0.000000211.